The van der Waals surface area contributed by atoms with Gasteiger partial charge in [0, 0.05) is 16.1 Å². The fourth-order valence-electron chi connectivity index (χ4n) is 3.39. The predicted octanol–water partition coefficient (Wildman–Crippen LogP) is 5.63. The molecule has 33 heavy (non-hydrogen) atoms. The van der Waals surface area contributed by atoms with Gasteiger partial charge in [0.25, 0.3) is 10.0 Å². The molecule has 0 aromatic heterocycles. The molecule has 0 fully saturated rings. The van der Waals surface area contributed by atoms with E-state index in [1.54, 1.807) is 12.1 Å². The monoisotopic (exact) mass is 504 g/mol. The van der Waals surface area contributed by atoms with Crippen molar-refractivity contribution in [1.29, 1.82) is 0 Å². The number of hydrogen-bond donors (Lipinski definition) is 1. The van der Waals surface area contributed by atoms with E-state index in [9.17, 15) is 13.2 Å². The third-order valence-corrected chi connectivity index (χ3v) is 7.37. The number of nitrogens with zero attached hydrogens (tertiary/aromatic N) is 1. The van der Waals surface area contributed by atoms with Gasteiger partial charge in [0.2, 0.25) is 5.91 Å². The van der Waals surface area contributed by atoms with Gasteiger partial charge in [0.05, 0.1) is 10.6 Å². The molecule has 0 unspecified atom stereocenters. The number of amides is 1. The van der Waals surface area contributed by atoms with Crippen molar-refractivity contribution in [2.45, 2.75) is 37.6 Å². The summed E-state index contributed by atoms with van der Waals surface area (Å²) in [5, 5.41) is 3.45. The smallest absolute Gasteiger partial charge is 0.264 e. The average Bonchev–Trinajstić information content (AvgIpc) is 2.76. The van der Waals surface area contributed by atoms with E-state index in [1.807, 2.05) is 44.2 Å². The zero-order valence-electron chi connectivity index (χ0n) is 18.5. The van der Waals surface area contributed by atoms with Gasteiger partial charge in [-0.3, -0.25) is 9.10 Å². The van der Waals surface area contributed by atoms with Gasteiger partial charge >= 0.3 is 0 Å². The Morgan fingerprint density at radius 1 is 0.970 bits per heavy atom. The minimum absolute atomic E-state index is 0.0779. The van der Waals surface area contributed by atoms with Crippen LogP contribution < -0.4 is 9.62 Å². The number of halogens is 2. The van der Waals surface area contributed by atoms with Crippen LogP contribution in [0, 0.1) is 6.92 Å². The van der Waals surface area contributed by atoms with Crippen LogP contribution in [0.5, 0.6) is 0 Å². The second kappa shape index (κ2) is 11.1. The van der Waals surface area contributed by atoms with E-state index in [1.165, 1.54) is 35.9 Å². The van der Waals surface area contributed by atoms with Crippen LogP contribution in [-0.2, 0) is 21.2 Å². The quantitative estimate of drug-likeness (QED) is 0.410. The molecule has 0 aliphatic rings. The molecule has 3 rings (SSSR count). The van der Waals surface area contributed by atoms with Crippen LogP contribution >= 0.6 is 23.2 Å². The van der Waals surface area contributed by atoms with E-state index >= 15 is 0 Å². The first-order chi connectivity index (χ1) is 15.6. The molecule has 5 nitrogen and oxygen atoms in total. The summed E-state index contributed by atoms with van der Waals surface area (Å²) in [7, 11) is -4.04. The van der Waals surface area contributed by atoms with E-state index < -0.39 is 22.5 Å². The summed E-state index contributed by atoms with van der Waals surface area (Å²) < 4.78 is 28.0. The van der Waals surface area contributed by atoms with Crippen molar-refractivity contribution in [3.8, 4) is 0 Å². The van der Waals surface area contributed by atoms with E-state index in [0.29, 0.717) is 0 Å². The second-order valence-electron chi connectivity index (χ2n) is 7.95. The molecule has 0 aliphatic carbocycles. The summed E-state index contributed by atoms with van der Waals surface area (Å²) in [6.45, 7) is 3.37. The fraction of sp³-hybridized carbons (Fsp3) is 0.240. The Kier molecular flexibility index (Phi) is 8.40. The van der Waals surface area contributed by atoms with Crippen molar-refractivity contribution in [3.63, 3.8) is 0 Å². The number of anilines is 1. The van der Waals surface area contributed by atoms with E-state index in [0.717, 1.165) is 22.7 Å². The number of rotatable bonds is 9. The maximum atomic E-state index is 13.5. The molecule has 3 aromatic rings. The summed E-state index contributed by atoms with van der Waals surface area (Å²) >= 11 is 12.2. The third-order valence-electron chi connectivity index (χ3n) is 5.15. The number of sulfonamides is 1. The second-order valence-corrected chi connectivity index (χ2v) is 10.7. The highest BCUT2D eigenvalue weighted by Crippen LogP contribution is 2.29. The molecule has 1 amide bonds. The maximum Gasteiger partial charge on any atom is 0.264 e. The Labute approximate surface area is 205 Å². The highest BCUT2D eigenvalue weighted by Gasteiger charge is 2.28. The van der Waals surface area contributed by atoms with Gasteiger partial charge in [0.15, 0.2) is 0 Å². The lowest BCUT2D eigenvalue weighted by Gasteiger charge is -2.25. The normalized spacial score (nSPS) is 12.2. The Bertz CT molecular complexity index is 1180. The number of carbonyl (C=O) groups is 1. The van der Waals surface area contributed by atoms with Crippen molar-refractivity contribution in [1.82, 2.24) is 5.32 Å². The van der Waals surface area contributed by atoms with Crippen molar-refractivity contribution >= 4 is 44.8 Å². The van der Waals surface area contributed by atoms with Crippen LogP contribution in [0.4, 0.5) is 5.69 Å². The Balaban J connectivity index is 1.80. The van der Waals surface area contributed by atoms with Crippen molar-refractivity contribution in [3.05, 3.63) is 94.0 Å². The van der Waals surface area contributed by atoms with Gasteiger partial charge in [-0.05, 0) is 62.6 Å². The van der Waals surface area contributed by atoms with Gasteiger partial charge in [-0.15, -0.1) is 0 Å². The van der Waals surface area contributed by atoms with Gasteiger partial charge in [0.1, 0.15) is 6.54 Å². The van der Waals surface area contributed by atoms with Crippen molar-refractivity contribution in [2.75, 3.05) is 10.8 Å². The fourth-order valence-corrected chi connectivity index (χ4v) is 5.31. The SMILES string of the molecule is Cc1ccc(S(=O)(=O)N(CC(=O)N[C@@H](C)CCc2ccccc2)c2cc(Cl)cc(Cl)c2)cc1. The number of carbonyl (C=O) groups excluding carboxylic acids is 1. The van der Waals surface area contributed by atoms with E-state index in [4.69, 9.17) is 23.2 Å². The highest BCUT2D eigenvalue weighted by atomic mass is 35.5. The molecule has 0 saturated carbocycles. The summed E-state index contributed by atoms with van der Waals surface area (Å²) in [5.41, 5.74) is 2.33. The first-order valence-corrected chi connectivity index (χ1v) is 12.7. The maximum absolute atomic E-state index is 13.5. The minimum Gasteiger partial charge on any atom is -0.352 e. The van der Waals surface area contributed by atoms with Crippen LogP contribution in [0.2, 0.25) is 10.0 Å². The van der Waals surface area contributed by atoms with Crippen molar-refractivity contribution < 1.29 is 13.2 Å². The summed E-state index contributed by atoms with van der Waals surface area (Å²) in [4.78, 5) is 12.9. The van der Waals surface area contributed by atoms with E-state index in [2.05, 4.69) is 5.32 Å². The lowest BCUT2D eigenvalue weighted by molar-refractivity contribution is -0.120. The molecular weight excluding hydrogens is 479 g/mol. The van der Waals surface area contributed by atoms with Crippen LogP contribution in [0.3, 0.4) is 0 Å². The first-order valence-electron chi connectivity index (χ1n) is 10.5. The van der Waals surface area contributed by atoms with Gasteiger partial charge in [-0.25, -0.2) is 8.42 Å². The lowest BCUT2D eigenvalue weighted by Crippen LogP contribution is -2.43. The molecule has 1 N–H and O–H groups in total. The van der Waals surface area contributed by atoms with Gasteiger partial charge in [-0.1, -0.05) is 71.2 Å². The van der Waals surface area contributed by atoms with Gasteiger partial charge in [-0.2, -0.15) is 0 Å². The van der Waals surface area contributed by atoms with Gasteiger partial charge < -0.3 is 5.32 Å². The summed E-state index contributed by atoms with van der Waals surface area (Å²) in [6.07, 6.45) is 1.53. The third kappa shape index (κ3) is 6.97. The zero-order chi connectivity index (χ0) is 24.0. The zero-order valence-corrected chi connectivity index (χ0v) is 20.8. The summed E-state index contributed by atoms with van der Waals surface area (Å²) in [5.74, 6) is -0.414. The number of hydrogen-bond acceptors (Lipinski definition) is 3. The van der Waals surface area contributed by atoms with Crippen LogP contribution in [0.15, 0.2) is 77.7 Å². The Morgan fingerprint density at radius 2 is 1.58 bits per heavy atom. The lowest BCUT2D eigenvalue weighted by atomic mass is 10.1. The standard InChI is InChI=1S/C25H26Cl2N2O3S/c1-18-8-12-24(13-9-18)33(31,32)29(23-15-21(26)14-22(27)16-23)17-25(30)28-19(2)10-11-20-6-4-3-5-7-20/h3-9,12-16,19H,10-11,17H2,1-2H3,(H,28,30)/t19-/m0/s1. The molecule has 1 atom stereocenters. The first kappa shape index (κ1) is 25.1. The van der Waals surface area contributed by atoms with Crippen LogP contribution in [0.25, 0.3) is 0 Å². The molecule has 8 heteroatoms. The van der Waals surface area contributed by atoms with Crippen molar-refractivity contribution in [2.24, 2.45) is 0 Å². The van der Waals surface area contributed by atoms with E-state index in [-0.39, 0.29) is 26.7 Å². The molecule has 0 bridgehead atoms. The molecule has 174 valence electrons. The Hall–Kier alpha value is -2.54. The van der Waals surface area contributed by atoms with Crippen LogP contribution in [0.1, 0.15) is 24.5 Å². The Morgan fingerprint density at radius 3 is 2.18 bits per heavy atom. The minimum atomic E-state index is -4.04. The molecular formula is C25H26Cl2N2O3S. The number of benzene rings is 3. The molecule has 3 aromatic carbocycles. The number of aryl methyl sites for hydroxylation is 2. The number of nitrogens with one attached hydrogen (secondary N) is 1. The molecule has 0 radical (unpaired) electrons. The largest absolute Gasteiger partial charge is 0.352 e. The highest BCUT2D eigenvalue weighted by molar-refractivity contribution is 7.92. The topological polar surface area (TPSA) is 66.5 Å². The molecule has 0 saturated heterocycles. The summed E-state index contributed by atoms with van der Waals surface area (Å²) in [6, 6.07) is 20.8. The van der Waals surface area contributed by atoms with Crippen LogP contribution in [-0.4, -0.2) is 26.9 Å². The average molecular weight is 505 g/mol. The molecule has 0 heterocycles. The predicted molar refractivity (Wildman–Crippen MR) is 135 cm³/mol. The molecule has 0 aliphatic heterocycles. The molecule has 0 spiro atoms.